The molecule has 1 aliphatic heterocycles. The lowest BCUT2D eigenvalue weighted by Crippen LogP contribution is -2.64. The first-order valence-corrected chi connectivity index (χ1v) is 5.80. The van der Waals surface area contributed by atoms with E-state index in [4.69, 9.17) is 9.84 Å². The molecular weight excluding hydrogens is 250 g/mol. The number of hydrogen-bond donors (Lipinski definition) is 1. The van der Waals surface area contributed by atoms with Crippen molar-refractivity contribution < 1.29 is 19.4 Å². The zero-order valence-corrected chi connectivity index (χ0v) is 10.4. The maximum atomic E-state index is 11.6. The Balaban J connectivity index is 2.03. The minimum absolute atomic E-state index is 0.0609. The smallest absolute Gasteiger partial charge is 0.410 e. The standard InChI is InChI=1S/C12H15N3O4/c1-2-5-19-11(18)14-7-12(8-14,6-10(16)17)15-4-3-13-9-15/h2-4,9H,1,5-8H2,(H,16,17). The van der Waals surface area contributed by atoms with Crippen molar-refractivity contribution in [2.24, 2.45) is 0 Å². The van der Waals surface area contributed by atoms with Gasteiger partial charge in [-0.2, -0.15) is 0 Å². The first-order chi connectivity index (χ1) is 9.07. The highest BCUT2D eigenvalue weighted by atomic mass is 16.6. The van der Waals surface area contributed by atoms with E-state index in [9.17, 15) is 9.59 Å². The monoisotopic (exact) mass is 265 g/mol. The molecule has 1 aliphatic rings. The lowest BCUT2D eigenvalue weighted by Gasteiger charge is -2.49. The zero-order chi connectivity index (χ0) is 13.9. The molecule has 0 radical (unpaired) electrons. The molecule has 7 nitrogen and oxygen atoms in total. The van der Waals surface area contributed by atoms with E-state index in [0.29, 0.717) is 13.1 Å². The van der Waals surface area contributed by atoms with E-state index in [1.807, 2.05) is 0 Å². The fourth-order valence-electron chi connectivity index (χ4n) is 2.20. The fraction of sp³-hybridized carbons (Fsp3) is 0.417. The molecule has 0 atom stereocenters. The van der Waals surface area contributed by atoms with Crippen LogP contribution in [0.25, 0.3) is 0 Å². The Bertz CT molecular complexity index is 477. The summed E-state index contributed by atoms with van der Waals surface area (Å²) in [6.07, 6.45) is 5.82. The largest absolute Gasteiger partial charge is 0.481 e. The van der Waals surface area contributed by atoms with Gasteiger partial charge in [-0.1, -0.05) is 12.7 Å². The third-order valence-electron chi connectivity index (χ3n) is 3.09. The van der Waals surface area contributed by atoms with Crippen molar-refractivity contribution in [3.8, 4) is 0 Å². The number of carboxylic acids is 1. The van der Waals surface area contributed by atoms with Crippen LogP contribution in [0, 0.1) is 0 Å². The fourth-order valence-corrected chi connectivity index (χ4v) is 2.20. The number of imidazole rings is 1. The van der Waals surface area contributed by atoms with Crippen molar-refractivity contribution in [1.82, 2.24) is 14.5 Å². The van der Waals surface area contributed by atoms with Crippen LogP contribution in [-0.2, 0) is 15.1 Å². The predicted molar refractivity (Wildman–Crippen MR) is 65.6 cm³/mol. The lowest BCUT2D eigenvalue weighted by molar-refractivity contribution is -0.142. The summed E-state index contributed by atoms with van der Waals surface area (Å²) in [5.41, 5.74) is -0.629. The molecule has 0 aromatic carbocycles. The van der Waals surface area contributed by atoms with Gasteiger partial charge in [0.2, 0.25) is 0 Å². The summed E-state index contributed by atoms with van der Waals surface area (Å²) in [5.74, 6) is -0.909. The average molecular weight is 265 g/mol. The van der Waals surface area contributed by atoms with Crippen LogP contribution < -0.4 is 0 Å². The summed E-state index contributed by atoms with van der Waals surface area (Å²) in [6, 6.07) is 0. The second-order valence-corrected chi connectivity index (χ2v) is 4.49. The van der Waals surface area contributed by atoms with Crippen molar-refractivity contribution in [2.75, 3.05) is 19.7 Å². The Morgan fingerprint density at radius 2 is 2.26 bits per heavy atom. The first kappa shape index (κ1) is 13.1. The number of likely N-dealkylation sites (tertiary alicyclic amines) is 1. The van der Waals surface area contributed by atoms with E-state index in [2.05, 4.69) is 11.6 Å². The highest BCUT2D eigenvalue weighted by Gasteiger charge is 2.48. The van der Waals surface area contributed by atoms with Gasteiger partial charge in [-0.05, 0) is 0 Å². The van der Waals surface area contributed by atoms with Gasteiger partial charge >= 0.3 is 12.1 Å². The summed E-state index contributed by atoms with van der Waals surface area (Å²) < 4.78 is 6.64. The van der Waals surface area contributed by atoms with Crippen LogP contribution in [-0.4, -0.2) is 51.3 Å². The summed E-state index contributed by atoms with van der Waals surface area (Å²) >= 11 is 0. The molecule has 102 valence electrons. The van der Waals surface area contributed by atoms with Gasteiger partial charge in [-0.15, -0.1) is 0 Å². The third-order valence-corrected chi connectivity index (χ3v) is 3.09. The molecule has 1 aromatic rings. The summed E-state index contributed by atoms with van der Waals surface area (Å²) in [4.78, 5) is 28.0. The van der Waals surface area contributed by atoms with Crippen LogP contribution in [0.4, 0.5) is 4.79 Å². The Morgan fingerprint density at radius 3 is 2.79 bits per heavy atom. The molecule has 1 saturated heterocycles. The summed E-state index contributed by atoms with van der Waals surface area (Å²) in [6.45, 7) is 4.20. The number of amides is 1. The highest BCUT2D eigenvalue weighted by molar-refractivity contribution is 5.72. The number of hydrogen-bond acceptors (Lipinski definition) is 4. The normalized spacial score (nSPS) is 16.5. The van der Waals surface area contributed by atoms with Gasteiger partial charge in [0, 0.05) is 25.5 Å². The van der Waals surface area contributed by atoms with Crippen LogP contribution in [0.3, 0.4) is 0 Å². The van der Waals surface area contributed by atoms with Crippen LogP contribution in [0.5, 0.6) is 0 Å². The van der Waals surface area contributed by atoms with Gasteiger partial charge in [-0.25, -0.2) is 9.78 Å². The van der Waals surface area contributed by atoms with Gasteiger partial charge < -0.3 is 19.3 Å². The van der Waals surface area contributed by atoms with E-state index in [1.54, 1.807) is 23.3 Å². The summed E-state index contributed by atoms with van der Waals surface area (Å²) in [7, 11) is 0. The molecule has 1 aromatic heterocycles. The summed E-state index contributed by atoms with van der Waals surface area (Å²) in [5, 5.41) is 9.00. The molecule has 2 rings (SSSR count). The topological polar surface area (TPSA) is 84.7 Å². The molecule has 2 heterocycles. The zero-order valence-electron chi connectivity index (χ0n) is 10.4. The predicted octanol–water partition coefficient (Wildman–Crippen LogP) is 0.691. The number of aromatic nitrogens is 2. The number of nitrogens with zero attached hydrogens (tertiary/aromatic N) is 3. The minimum atomic E-state index is -0.909. The molecule has 0 aliphatic carbocycles. The SMILES string of the molecule is C=CCOC(=O)N1CC(CC(=O)O)(n2ccnc2)C1. The van der Waals surface area contributed by atoms with E-state index in [-0.39, 0.29) is 13.0 Å². The van der Waals surface area contributed by atoms with Gasteiger partial charge in [0.1, 0.15) is 6.61 Å². The number of carbonyl (C=O) groups excluding carboxylic acids is 1. The van der Waals surface area contributed by atoms with Gasteiger partial charge in [0.05, 0.1) is 18.3 Å². The van der Waals surface area contributed by atoms with E-state index >= 15 is 0 Å². The maximum absolute atomic E-state index is 11.6. The Hall–Kier alpha value is -2.31. The van der Waals surface area contributed by atoms with Crippen molar-refractivity contribution >= 4 is 12.1 Å². The molecular formula is C12H15N3O4. The molecule has 0 bridgehead atoms. The molecule has 1 fully saturated rings. The second-order valence-electron chi connectivity index (χ2n) is 4.49. The van der Waals surface area contributed by atoms with Crippen LogP contribution in [0.15, 0.2) is 31.4 Å². The van der Waals surface area contributed by atoms with Gasteiger partial charge in [-0.3, -0.25) is 4.79 Å². The van der Waals surface area contributed by atoms with Crippen LogP contribution in [0.2, 0.25) is 0 Å². The second kappa shape index (κ2) is 5.13. The Kier molecular flexibility index (Phi) is 3.55. The number of aliphatic carboxylic acids is 1. The molecule has 0 unspecified atom stereocenters. The van der Waals surface area contributed by atoms with E-state index < -0.39 is 17.6 Å². The minimum Gasteiger partial charge on any atom is -0.481 e. The molecule has 1 N–H and O–H groups in total. The van der Waals surface area contributed by atoms with E-state index in [1.165, 1.54) is 11.0 Å². The number of carbonyl (C=O) groups is 2. The molecule has 19 heavy (non-hydrogen) atoms. The molecule has 1 amide bonds. The van der Waals surface area contributed by atoms with Crippen molar-refractivity contribution in [1.29, 1.82) is 0 Å². The van der Waals surface area contributed by atoms with E-state index in [0.717, 1.165) is 0 Å². The number of carboxylic acid groups (broad SMARTS) is 1. The number of ether oxygens (including phenoxy) is 1. The van der Waals surface area contributed by atoms with Crippen LogP contribution >= 0.6 is 0 Å². The maximum Gasteiger partial charge on any atom is 0.410 e. The van der Waals surface area contributed by atoms with Crippen molar-refractivity contribution in [3.63, 3.8) is 0 Å². The van der Waals surface area contributed by atoms with Gasteiger partial charge in [0.15, 0.2) is 0 Å². The highest BCUT2D eigenvalue weighted by Crippen LogP contribution is 2.33. The number of rotatable bonds is 5. The first-order valence-electron chi connectivity index (χ1n) is 5.80. The lowest BCUT2D eigenvalue weighted by atomic mass is 9.86. The van der Waals surface area contributed by atoms with Crippen molar-refractivity contribution in [2.45, 2.75) is 12.0 Å². The quantitative estimate of drug-likeness (QED) is 0.792. The molecule has 0 saturated carbocycles. The Labute approximate surface area is 110 Å². The third kappa shape index (κ3) is 2.59. The van der Waals surface area contributed by atoms with Crippen molar-refractivity contribution in [3.05, 3.63) is 31.4 Å². The molecule has 0 spiro atoms. The van der Waals surface area contributed by atoms with Gasteiger partial charge in [0.25, 0.3) is 0 Å². The van der Waals surface area contributed by atoms with Crippen LogP contribution in [0.1, 0.15) is 6.42 Å². The Morgan fingerprint density at radius 1 is 1.53 bits per heavy atom. The average Bonchev–Trinajstić information content (AvgIpc) is 2.83. The molecule has 7 heteroatoms.